The Hall–Kier alpha value is -3.32. The molecule has 0 saturated heterocycles. The maximum Gasteiger partial charge on any atom is 0.303 e. The third-order valence-electron chi connectivity index (χ3n) is 7.35. The molecule has 0 aliphatic heterocycles. The molecule has 0 heterocycles. The molecule has 3 aromatic rings. The number of hydrogen-bond acceptors (Lipinski definition) is 4. The largest absolute Gasteiger partial charge is 0.481 e. The van der Waals surface area contributed by atoms with Gasteiger partial charge in [-0.25, -0.2) is 4.39 Å². The standard InChI is InChI=1S/C33H37FO5/c34-28-18-14-24(15-19-28)21-38-23-30-29(10-6-1-2-7-11-33(36)37)32(20-31(30)35)39-22-25-12-16-27(17-13-25)26-8-4-3-5-9-26/h1,3-6,8-9,12-19,29-32,35H,2,7,10-11,20-23H2,(H,36,37)/b6-1-/t29-,30-,31+,32+/m1/s1. The number of ether oxygens (including phenoxy) is 2. The number of aliphatic hydroxyl groups is 1. The first kappa shape index (κ1) is 28.7. The van der Waals surface area contributed by atoms with Gasteiger partial charge in [-0.3, -0.25) is 4.79 Å². The van der Waals surface area contributed by atoms with Crippen LogP contribution in [0.3, 0.4) is 0 Å². The van der Waals surface area contributed by atoms with E-state index in [2.05, 4.69) is 42.5 Å². The number of carboxylic acid groups (broad SMARTS) is 1. The Bertz CT molecular complexity index is 1180. The second kappa shape index (κ2) is 14.7. The van der Waals surface area contributed by atoms with Gasteiger partial charge in [-0.15, -0.1) is 0 Å². The van der Waals surface area contributed by atoms with Gasteiger partial charge >= 0.3 is 5.97 Å². The normalized spacial score (nSPS) is 21.0. The number of rotatable bonds is 14. The highest BCUT2D eigenvalue weighted by atomic mass is 19.1. The van der Waals surface area contributed by atoms with E-state index in [0.29, 0.717) is 45.5 Å². The summed E-state index contributed by atoms with van der Waals surface area (Å²) >= 11 is 0. The molecule has 1 saturated carbocycles. The Balaban J connectivity index is 1.35. The number of benzene rings is 3. The van der Waals surface area contributed by atoms with E-state index in [4.69, 9.17) is 14.6 Å². The van der Waals surface area contributed by atoms with Crippen molar-refractivity contribution in [2.45, 2.75) is 57.5 Å². The highest BCUT2D eigenvalue weighted by Gasteiger charge is 2.42. The first-order chi connectivity index (χ1) is 19.0. The first-order valence-electron chi connectivity index (χ1n) is 13.6. The van der Waals surface area contributed by atoms with E-state index in [1.807, 2.05) is 24.3 Å². The summed E-state index contributed by atoms with van der Waals surface area (Å²) in [6.45, 7) is 1.18. The predicted molar refractivity (Wildman–Crippen MR) is 149 cm³/mol. The third kappa shape index (κ3) is 8.85. The SMILES string of the molecule is O=C(O)CCC/C=C\C[C@@H]1[C@@H](COCc2ccc(F)cc2)[C@@H](O)C[C@@H]1OCc1ccc(-c2ccccc2)cc1. The smallest absolute Gasteiger partial charge is 0.303 e. The van der Waals surface area contributed by atoms with Gasteiger partial charge in [0.15, 0.2) is 0 Å². The minimum absolute atomic E-state index is 0.0625. The highest BCUT2D eigenvalue weighted by Crippen LogP contribution is 2.38. The van der Waals surface area contributed by atoms with Crippen molar-refractivity contribution in [3.8, 4) is 11.1 Å². The average molecular weight is 533 g/mol. The zero-order valence-electron chi connectivity index (χ0n) is 22.1. The van der Waals surface area contributed by atoms with Crippen molar-refractivity contribution in [3.05, 3.63) is 108 Å². The van der Waals surface area contributed by atoms with Crippen LogP contribution in [0.1, 0.15) is 43.2 Å². The van der Waals surface area contributed by atoms with Crippen LogP contribution in [0.15, 0.2) is 91.0 Å². The van der Waals surface area contributed by atoms with Crippen molar-refractivity contribution in [3.63, 3.8) is 0 Å². The topological polar surface area (TPSA) is 76.0 Å². The molecule has 39 heavy (non-hydrogen) atoms. The van der Waals surface area contributed by atoms with Crippen LogP contribution in [0.4, 0.5) is 4.39 Å². The summed E-state index contributed by atoms with van der Waals surface area (Å²) in [5.41, 5.74) is 4.27. The number of aliphatic carboxylic acids is 1. The van der Waals surface area contributed by atoms with Gasteiger partial charge < -0.3 is 19.7 Å². The van der Waals surface area contributed by atoms with E-state index in [-0.39, 0.29) is 30.2 Å². The van der Waals surface area contributed by atoms with Gasteiger partial charge in [-0.2, -0.15) is 0 Å². The lowest BCUT2D eigenvalue weighted by molar-refractivity contribution is -0.137. The zero-order chi connectivity index (χ0) is 27.5. The predicted octanol–water partition coefficient (Wildman–Crippen LogP) is 6.79. The summed E-state index contributed by atoms with van der Waals surface area (Å²) in [6, 6.07) is 24.8. The van der Waals surface area contributed by atoms with Gasteiger partial charge in [0.05, 0.1) is 32.0 Å². The summed E-state index contributed by atoms with van der Waals surface area (Å²) < 4.78 is 25.5. The lowest BCUT2D eigenvalue weighted by Gasteiger charge is -2.25. The number of unbranched alkanes of at least 4 members (excludes halogenated alkanes) is 1. The van der Waals surface area contributed by atoms with Gasteiger partial charge in [-0.05, 0) is 59.6 Å². The maximum atomic E-state index is 13.2. The molecule has 2 N–H and O–H groups in total. The minimum Gasteiger partial charge on any atom is -0.481 e. The number of aliphatic hydroxyl groups excluding tert-OH is 1. The number of halogens is 1. The molecule has 0 aromatic heterocycles. The van der Waals surface area contributed by atoms with Crippen molar-refractivity contribution in [2.75, 3.05) is 6.61 Å². The monoisotopic (exact) mass is 532 g/mol. The first-order valence-corrected chi connectivity index (χ1v) is 13.6. The fraction of sp³-hybridized carbons (Fsp3) is 0.364. The Labute approximate surface area is 229 Å². The van der Waals surface area contributed by atoms with Crippen molar-refractivity contribution in [1.82, 2.24) is 0 Å². The van der Waals surface area contributed by atoms with Crippen LogP contribution in [0.25, 0.3) is 11.1 Å². The highest BCUT2D eigenvalue weighted by molar-refractivity contribution is 5.66. The van der Waals surface area contributed by atoms with E-state index < -0.39 is 12.1 Å². The van der Waals surface area contributed by atoms with Gasteiger partial charge in [0.2, 0.25) is 0 Å². The molecule has 1 aliphatic carbocycles. The van der Waals surface area contributed by atoms with Crippen LogP contribution in [-0.2, 0) is 27.5 Å². The van der Waals surface area contributed by atoms with Gasteiger partial charge in [-0.1, -0.05) is 78.9 Å². The molecule has 6 heteroatoms. The molecule has 1 aliphatic rings. The van der Waals surface area contributed by atoms with Crippen molar-refractivity contribution >= 4 is 5.97 Å². The molecule has 0 unspecified atom stereocenters. The summed E-state index contributed by atoms with van der Waals surface area (Å²) in [4.78, 5) is 10.8. The van der Waals surface area contributed by atoms with Gasteiger partial charge in [0.1, 0.15) is 5.82 Å². The number of allylic oxidation sites excluding steroid dienone is 2. The van der Waals surface area contributed by atoms with E-state index in [0.717, 1.165) is 16.7 Å². The molecular formula is C33H37FO5. The molecular weight excluding hydrogens is 495 g/mol. The second-order valence-electron chi connectivity index (χ2n) is 10.2. The van der Waals surface area contributed by atoms with Crippen LogP contribution in [0.2, 0.25) is 0 Å². The Morgan fingerprint density at radius 2 is 1.54 bits per heavy atom. The molecule has 0 bridgehead atoms. The van der Waals surface area contributed by atoms with Gasteiger partial charge in [0.25, 0.3) is 0 Å². The maximum absolute atomic E-state index is 13.2. The molecule has 206 valence electrons. The Morgan fingerprint density at radius 1 is 0.872 bits per heavy atom. The minimum atomic E-state index is -0.786. The average Bonchev–Trinajstić information content (AvgIpc) is 3.25. The van der Waals surface area contributed by atoms with Crippen LogP contribution in [0, 0.1) is 17.7 Å². The van der Waals surface area contributed by atoms with E-state index in [1.165, 1.54) is 17.7 Å². The van der Waals surface area contributed by atoms with Crippen molar-refractivity contribution in [1.29, 1.82) is 0 Å². The molecule has 1 fully saturated rings. The fourth-order valence-electron chi connectivity index (χ4n) is 5.16. The summed E-state index contributed by atoms with van der Waals surface area (Å²) in [5, 5.41) is 19.8. The van der Waals surface area contributed by atoms with Gasteiger partial charge in [0, 0.05) is 18.8 Å². The van der Waals surface area contributed by atoms with Crippen LogP contribution >= 0.6 is 0 Å². The fourth-order valence-corrected chi connectivity index (χ4v) is 5.16. The van der Waals surface area contributed by atoms with Crippen LogP contribution in [-0.4, -0.2) is 35.0 Å². The van der Waals surface area contributed by atoms with Crippen LogP contribution in [0.5, 0.6) is 0 Å². The summed E-state index contributed by atoms with van der Waals surface area (Å²) in [5.74, 6) is -1.10. The summed E-state index contributed by atoms with van der Waals surface area (Å²) in [6.07, 6.45) is 6.12. The molecule has 0 spiro atoms. The lowest BCUT2D eigenvalue weighted by Crippen LogP contribution is -2.27. The van der Waals surface area contributed by atoms with Crippen molar-refractivity contribution in [2.24, 2.45) is 11.8 Å². The second-order valence-corrected chi connectivity index (χ2v) is 10.2. The number of carboxylic acids is 1. The molecule has 4 atom stereocenters. The molecule has 4 rings (SSSR count). The molecule has 0 amide bonds. The van der Waals surface area contributed by atoms with Crippen LogP contribution < -0.4 is 0 Å². The zero-order valence-corrected chi connectivity index (χ0v) is 22.1. The van der Waals surface area contributed by atoms with E-state index in [9.17, 15) is 14.3 Å². The molecule has 5 nitrogen and oxygen atoms in total. The number of hydrogen-bond donors (Lipinski definition) is 2. The number of carbonyl (C=O) groups is 1. The summed E-state index contributed by atoms with van der Waals surface area (Å²) in [7, 11) is 0. The Morgan fingerprint density at radius 3 is 2.26 bits per heavy atom. The molecule has 0 radical (unpaired) electrons. The lowest BCUT2D eigenvalue weighted by atomic mass is 9.91. The van der Waals surface area contributed by atoms with E-state index in [1.54, 1.807) is 12.1 Å². The molecule has 3 aromatic carbocycles. The van der Waals surface area contributed by atoms with E-state index >= 15 is 0 Å². The quantitative estimate of drug-likeness (QED) is 0.177. The third-order valence-corrected chi connectivity index (χ3v) is 7.35. The Kier molecular flexibility index (Phi) is 10.8. The van der Waals surface area contributed by atoms with Crippen molar-refractivity contribution < 1.29 is 28.9 Å².